The van der Waals surface area contributed by atoms with E-state index in [1.54, 1.807) is 10.6 Å². The lowest BCUT2D eigenvalue weighted by atomic mass is 9.96. The first-order valence-electron chi connectivity index (χ1n) is 9.61. The molecule has 1 aromatic carbocycles. The highest BCUT2D eigenvalue weighted by Crippen LogP contribution is 2.33. The summed E-state index contributed by atoms with van der Waals surface area (Å²) in [6.45, 7) is 11.2. The number of hydrogen-bond donors (Lipinski definition) is 1. The van der Waals surface area contributed by atoms with Gasteiger partial charge < -0.3 is 14.6 Å². The van der Waals surface area contributed by atoms with E-state index >= 15 is 0 Å². The maximum absolute atomic E-state index is 13.2. The van der Waals surface area contributed by atoms with E-state index in [0.29, 0.717) is 17.1 Å². The topological polar surface area (TPSA) is 48.7 Å². The molecule has 27 heavy (non-hydrogen) atoms. The molecule has 5 nitrogen and oxygen atoms in total. The summed E-state index contributed by atoms with van der Waals surface area (Å²) < 4.78 is 1.72. The Morgan fingerprint density at radius 3 is 2.26 bits per heavy atom. The van der Waals surface area contributed by atoms with Gasteiger partial charge in [0, 0.05) is 43.4 Å². The third-order valence-electron chi connectivity index (χ3n) is 5.52. The molecule has 0 saturated carbocycles. The smallest absolute Gasteiger partial charge is 0.259 e. The van der Waals surface area contributed by atoms with E-state index < -0.39 is 0 Å². The number of nitrogens with zero attached hydrogens (tertiary/aromatic N) is 3. The number of likely N-dealkylation sites (N-methyl/N-ethyl adjacent to an activating group) is 1. The van der Waals surface area contributed by atoms with Crippen molar-refractivity contribution in [2.45, 2.75) is 33.4 Å². The van der Waals surface area contributed by atoms with E-state index in [4.69, 9.17) is 11.6 Å². The maximum atomic E-state index is 13.2. The van der Waals surface area contributed by atoms with Crippen molar-refractivity contribution in [1.82, 2.24) is 14.4 Å². The molecule has 2 heterocycles. The molecule has 1 saturated heterocycles. The van der Waals surface area contributed by atoms with Crippen LogP contribution >= 0.6 is 11.6 Å². The second-order valence-electron chi connectivity index (χ2n) is 7.06. The summed E-state index contributed by atoms with van der Waals surface area (Å²) in [6.07, 6.45) is 0. The second kappa shape index (κ2) is 8.46. The second-order valence-corrected chi connectivity index (χ2v) is 7.49. The minimum atomic E-state index is -0.285. The number of aromatic hydroxyl groups is 1. The van der Waals surface area contributed by atoms with Crippen molar-refractivity contribution in [1.29, 1.82) is 0 Å². The first-order chi connectivity index (χ1) is 13.0. The molecule has 1 fully saturated rings. The van der Waals surface area contributed by atoms with Crippen molar-refractivity contribution >= 4 is 11.6 Å². The molecule has 0 radical (unpaired) electrons. The summed E-state index contributed by atoms with van der Waals surface area (Å²) in [5.74, 6) is 0.0695. The molecule has 0 bridgehead atoms. The van der Waals surface area contributed by atoms with Gasteiger partial charge in [-0.15, -0.1) is 0 Å². The normalized spacial score (nSPS) is 17.2. The average molecular weight is 390 g/mol. The van der Waals surface area contributed by atoms with Gasteiger partial charge in [0.05, 0.1) is 11.6 Å². The van der Waals surface area contributed by atoms with Gasteiger partial charge in [0.1, 0.15) is 5.75 Å². The summed E-state index contributed by atoms with van der Waals surface area (Å²) in [5.41, 5.74) is 2.08. The van der Waals surface area contributed by atoms with Gasteiger partial charge in [0.15, 0.2) is 0 Å². The van der Waals surface area contributed by atoms with E-state index in [1.807, 2.05) is 38.1 Å². The van der Waals surface area contributed by atoms with Gasteiger partial charge in [-0.1, -0.05) is 30.7 Å². The monoisotopic (exact) mass is 389 g/mol. The largest absolute Gasteiger partial charge is 0.507 e. The molecule has 3 rings (SSSR count). The van der Waals surface area contributed by atoms with E-state index in [9.17, 15) is 9.90 Å². The molecule has 6 heteroatoms. The van der Waals surface area contributed by atoms with Crippen molar-refractivity contribution < 1.29 is 5.11 Å². The van der Waals surface area contributed by atoms with Crippen LogP contribution in [0.2, 0.25) is 5.02 Å². The molecule has 146 valence electrons. The van der Waals surface area contributed by atoms with Gasteiger partial charge in [-0.2, -0.15) is 0 Å². The molecule has 0 aliphatic carbocycles. The molecule has 0 spiro atoms. The number of aromatic nitrogens is 1. The van der Waals surface area contributed by atoms with Crippen LogP contribution in [0.1, 0.15) is 36.7 Å². The van der Waals surface area contributed by atoms with Gasteiger partial charge >= 0.3 is 0 Å². The number of rotatable bonds is 5. The predicted molar refractivity (Wildman–Crippen MR) is 110 cm³/mol. The predicted octanol–water partition coefficient (Wildman–Crippen LogP) is 3.26. The van der Waals surface area contributed by atoms with Crippen LogP contribution in [0.25, 0.3) is 0 Å². The molecule has 1 N–H and O–H groups in total. The van der Waals surface area contributed by atoms with Gasteiger partial charge in [-0.05, 0) is 44.2 Å². The van der Waals surface area contributed by atoms with Gasteiger partial charge in [-0.3, -0.25) is 9.69 Å². The van der Waals surface area contributed by atoms with E-state index in [-0.39, 0.29) is 17.4 Å². The van der Waals surface area contributed by atoms with Crippen LogP contribution in [0.5, 0.6) is 5.75 Å². The Labute approximate surface area is 165 Å². The van der Waals surface area contributed by atoms with Gasteiger partial charge in [0.25, 0.3) is 5.56 Å². The Hall–Kier alpha value is -1.82. The summed E-state index contributed by atoms with van der Waals surface area (Å²) in [6, 6.07) is 9.01. The number of hydrogen-bond acceptors (Lipinski definition) is 4. The summed E-state index contributed by atoms with van der Waals surface area (Å²) >= 11 is 6.08. The van der Waals surface area contributed by atoms with E-state index in [2.05, 4.69) is 16.7 Å². The minimum Gasteiger partial charge on any atom is -0.507 e. The first-order valence-corrected chi connectivity index (χ1v) is 9.99. The molecule has 0 amide bonds. The fourth-order valence-electron chi connectivity index (χ4n) is 3.96. The summed E-state index contributed by atoms with van der Waals surface area (Å²) in [4.78, 5) is 17.9. The SMILES string of the molecule is CCN1CCN([C@H](c2ccc(Cl)cc2)c2c(O)cc(C)n(CC)c2=O)CC1. The van der Waals surface area contributed by atoms with Crippen molar-refractivity contribution in [3.05, 3.63) is 62.5 Å². The molecule has 1 aromatic heterocycles. The van der Waals surface area contributed by atoms with Crippen LogP contribution in [0.15, 0.2) is 35.1 Å². The molecular weight excluding hydrogens is 362 g/mol. The van der Waals surface area contributed by atoms with E-state index in [1.165, 1.54) is 0 Å². The lowest BCUT2D eigenvalue weighted by Gasteiger charge is -2.39. The zero-order chi connectivity index (χ0) is 19.6. The molecule has 2 aromatic rings. The Bertz CT molecular complexity index is 840. The minimum absolute atomic E-state index is 0.0695. The maximum Gasteiger partial charge on any atom is 0.259 e. The highest BCUT2D eigenvalue weighted by atomic mass is 35.5. The summed E-state index contributed by atoms with van der Waals surface area (Å²) in [5, 5.41) is 11.4. The zero-order valence-electron chi connectivity index (χ0n) is 16.3. The lowest BCUT2D eigenvalue weighted by Crippen LogP contribution is -2.48. The quantitative estimate of drug-likeness (QED) is 0.852. The Morgan fingerprint density at radius 1 is 1.07 bits per heavy atom. The highest BCUT2D eigenvalue weighted by Gasteiger charge is 2.31. The van der Waals surface area contributed by atoms with Crippen molar-refractivity contribution in [2.24, 2.45) is 0 Å². The van der Waals surface area contributed by atoms with Crippen LogP contribution in [0, 0.1) is 6.92 Å². The van der Waals surface area contributed by atoms with Crippen LogP contribution < -0.4 is 5.56 Å². The lowest BCUT2D eigenvalue weighted by molar-refractivity contribution is 0.111. The number of pyridine rings is 1. The van der Waals surface area contributed by atoms with Crippen molar-refractivity contribution in [2.75, 3.05) is 32.7 Å². The molecule has 1 atom stereocenters. The summed E-state index contributed by atoms with van der Waals surface area (Å²) in [7, 11) is 0. The third-order valence-corrected chi connectivity index (χ3v) is 5.77. The average Bonchev–Trinajstić information content (AvgIpc) is 2.66. The van der Waals surface area contributed by atoms with Crippen LogP contribution in [0.3, 0.4) is 0 Å². The van der Waals surface area contributed by atoms with E-state index in [0.717, 1.165) is 44.0 Å². The van der Waals surface area contributed by atoms with Gasteiger partial charge in [-0.25, -0.2) is 0 Å². The first kappa shape index (κ1) is 19.9. The number of halogens is 1. The molecular formula is C21H28ClN3O2. The number of piperazine rings is 1. The number of aryl methyl sites for hydroxylation is 1. The van der Waals surface area contributed by atoms with Crippen molar-refractivity contribution in [3.8, 4) is 5.75 Å². The zero-order valence-corrected chi connectivity index (χ0v) is 17.0. The van der Waals surface area contributed by atoms with Gasteiger partial charge in [0.2, 0.25) is 0 Å². The standard InChI is InChI=1S/C21H28ClN3O2/c1-4-23-10-12-24(13-11-23)20(16-6-8-17(22)9-7-16)19-18(26)14-15(3)25(5-2)21(19)27/h6-9,14,20,26H,4-5,10-13H2,1-3H3/t20-/m1/s1. The van der Waals surface area contributed by atoms with Crippen LogP contribution in [-0.4, -0.2) is 52.2 Å². The third kappa shape index (κ3) is 4.05. The molecule has 1 aliphatic rings. The highest BCUT2D eigenvalue weighted by molar-refractivity contribution is 6.30. The van der Waals surface area contributed by atoms with Crippen molar-refractivity contribution in [3.63, 3.8) is 0 Å². The number of benzene rings is 1. The van der Waals surface area contributed by atoms with Crippen LogP contribution in [0.4, 0.5) is 0 Å². The Morgan fingerprint density at radius 2 is 1.70 bits per heavy atom. The fourth-order valence-corrected chi connectivity index (χ4v) is 4.09. The fraction of sp³-hybridized carbons (Fsp3) is 0.476. The molecule has 1 aliphatic heterocycles. The molecule has 0 unspecified atom stereocenters. The van der Waals surface area contributed by atoms with Crippen LogP contribution in [-0.2, 0) is 6.54 Å². The Kier molecular flexibility index (Phi) is 6.25. The Balaban J connectivity index is 2.11.